The van der Waals surface area contributed by atoms with Crippen molar-refractivity contribution < 1.29 is 4.74 Å². The number of aryl methyl sites for hydroxylation is 1. The van der Waals surface area contributed by atoms with Crippen LogP contribution in [0.2, 0.25) is 0 Å². The number of nitrogens with zero attached hydrogens (tertiary/aromatic N) is 2. The van der Waals surface area contributed by atoms with Crippen LogP contribution in [0.4, 0.5) is 5.82 Å². The molecule has 0 spiro atoms. The lowest BCUT2D eigenvalue weighted by atomic mass is 10.0. The second kappa shape index (κ2) is 7.38. The van der Waals surface area contributed by atoms with Gasteiger partial charge in [0, 0.05) is 25.0 Å². The number of hydrogen-bond acceptors (Lipinski definition) is 4. The molecule has 1 fully saturated rings. The summed E-state index contributed by atoms with van der Waals surface area (Å²) in [6.07, 6.45) is 1.12. The van der Waals surface area contributed by atoms with Crippen LogP contribution in [-0.2, 0) is 4.74 Å². The van der Waals surface area contributed by atoms with Crippen LogP contribution in [0.5, 0.6) is 0 Å². The number of aromatic nitrogens is 1. The van der Waals surface area contributed by atoms with Crippen LogP contribution in [0.25, 0.3) is 21.7 Å². The molecular formula is C21H25N3O. The van der Waals surface area contributed by atoms with Crippen LogP contribution < -0.4 is 5.32 Å². The fraction of sp³-hybridized carbons (Fsp3) is 0.381. The van der Waals surface area contributed by atoms with Gasteiger partial charge >= 0.3 is 0 Å². The van der Waals surface area contributed by atoms with Crippen molar-refractivity contribution in [2.75, 3.05) is 44.7 Å². The molecule has 1 aromatic heterocycles. The van der Waals surface area contributed by atoms with E-state index in [9.17, 15) is 0 Å². The zero-order chi connectivity index (χ0) is 17.1. The number of pyridine rings is 1. The zero-order valence-electron chi connectivity index (χ0n) is 14.8. The van der Waals surface area contributed by atoms with Gasteiger partial charge in [-0.2, -0.15) is 0 Å². The highest BCUT2D eigenvalue weighted by molar-refractivity contribution is 6.08. The van der Waals surface area contributed by atoms with E-state index in [1.807, 2.05) is 0 Å². The van der Waals surface area contributed by atoms with Crippen LogP contribution in [0, 0.1) is 6.92 Å². The lowest BCUT2D eigenvalue weighted by Crippen LogP contribution is -2.37. The van der Waals surface area contributed by atoms with Crippen molar-refractivity contribution in [3.63, 3.8) is 0 Å². The van der Waals surface area contributed by atoms with Gasteiger partial charge in [0.2, 0.25) is 0 Å². The molecule has 3 aromatic rings. The molecule has 2 heterocycles. The molecule has 0 aliphatic carbocycles. The van der Waals surface area contributed by atoms with Crippen molar-refractivity contribution in [3.05, 3.63) is 48.0 Å². The molecule has 0 radical (unpaired) electrons. The van der Waals surface area contributed by atoms with E-state index in [0.29, 0.717) is 0 Å². The summed E-state index contributed by atoms with van der Waals surface area (Å²) in [4.78, 5) is 7.29. The van der Waals surface area contributed by atoms with E-state index in [-0.39, 0.29) is 0 Å². The topological polar surface area (TPSA) is 37.4 Å². The number of rotatable bonds is 5. The summed E-state index contributed by atoms with van der Waals surface area (Å²) in [6, 6.07) is 15.0. The molecule has 2 aromatic carbocycles. The minimum atomic E-state index is 0.868. The second-order valence-corrected chi connectivity index (χ2v) is 6.74. The molecule has 0 saturated carbocycles. The number of anilines is 1. The highest BCUT2D eigenvalue weighted by atomic mass is 16.5. The standard InChI is InChI=1S/C21H25N3O/c1-16-15-20(22-9-4-10-24-11-13-25-14-12-24)23-19-8-7-17-5-2-3-6-18(17)21(16)19/h2-3,5-8,15H,4,9-14H2,1H3,(H,22,23). The number of morpholine rings is 1. The summed E-state index contributed by atoms with van der Waals surface area (Å²) in [5.41, 5.74) is 2.34. The van der Waals surface area contributed by atoms with Gasteiger partial charge in [-0.25, -0.2) is 4.98 Å². The average molecular weight is 335 g/mol. The van der Waals surface area contributed by atoms with Crippen LogP contribution in [0.15, 0.2) is 42.5 Å². The average Bonchev–Trinajstić information content (AvgIpc) is 2.65. The third-order valence-corrected chi connectivity index (χ3v) is 4.96. The molecule has 1 saturated heterocycles. The Morgan fingerprint density at radius 1 is 1.12 bits per heavy atom. The van der Waals surface area contributed by atoms with Crippen molar-refractivity contribution >= 4 is 27.5 Å². The molecule has 1 aliphatic rings. The van der Waals surface area contributed by atoms with Gasteiger partial charge in [-0.3, -0.25) is 4.90 Å². The molecule has 0 atom stereocenters. The summed E-state index contributed by atoms with van der Waals surface area (Å²) >= 11 is 0. The van der Waals surface area contributed by atoms with Crippen LogP contribution in [0.1, 0.15) is 12.0 Å². The monoisotopic (exact) mass is 335 g/mol. The molecule has 4 heteroatoms. The van der Waals surface area contributed by atoms with Gasteiger partial charge in [-0.05, 0) is 48.4 Å². The number of hydrogen-bond donors (Lipinski definition) is 1. The Kier molecular flexibility index (Phi) is 4.81. The molecule has 0 unspecified atom stereocenters. The summed E-state index contributed by atoms with van der Waals surface area (Å²) in [5.74, 6) is 0.974. The molecule has 4 rings (SSSR count). The molecular weight excluding hydrogens is 310 g/mol. The highest BCUT2D eigenvalue weighted by Crippen LogP contribution is 2.28. The highest BCUT2D eigenvalue weighted by Gasteiger charge is 2.10. The van der Waals surface area contributed by atoms with Crippen LogP contribution in [0.3, 0.4) is 0 Å². The fourth-order valence-corrected chi connectivity index (χ4v) is 3.64. The minimum absolute atomic E-state index is 0.868. The summed E-state index contributed by atoms with van der Waals surface area (Å²) in [7, 11) is 0. The molecule has 25 heavy (non-hydrogen) atoms. The van der Waals surface area contributed by atoms with Crippen molar-refractivity contribution in [3.8, 4) is 0 Å². The van der Waals surface area contributed by atoms with Gasteiger partial charge in [0.1, 0.15) is 5.82 Å². The van der Waals surface area contributed by atoms with E-state index in [1.165, 1.54) is 21.7 Å². The molecule has 1 aliphatic heterocycles. The maximum atomic E-state index is 5.39. The quantitative estimate of drug-likeness (QED) is 0.568. The van der Waals surface area contributed by atoms with Crippen molar-refractivity contribution in [2.24, 2.45) is 0 Å². The van der Waals surface area contributed by atoms with E-state index < -0.39 is 0 Å². The first-order chi connectivity index (χ1) is 12.3. The van der Waals surface area contributed by atoms with Crippen LogP contribution >= 0.6 is 0 Å². The summed E-state index contributed by atoms with van der Waals surface area (Å²) < 4.78 is 5.39. The Balaban J connectivity index is 1.46. The maximum Gasteiger partial charge on any atom is 0.126 e. The van der Waals surface area contributed by atoms with Gasteiger partial charge in [0.15, 0.2) is 0 Å². The van der Waals surface area contributed by atoms with E-state index >= 15 is 0 Å². The first-order valence-electron chi connectivity index (χ1n) is 9.14. The first kappa shape index (κ1) is 16.3. The van der Waals surface area contributed by atoms with Gasteiger partial charge in [-0.15, -0.1) is 0 Å². The molecule has 4 nitrogen and oxygen atoms in total. The number of benzene rings is 2. The maximum absolute atomic E-state index is 5.39. The number of fused-ring (bicyclic) bond motifs is 3. The lowest BCUT2D eigenvalue weighted by molar-refractivity contribution is 0.0378. The zero-order valence-corrected chi connectivity index (χ0v) is 14.8. The summed E-state index contributed by atoms with van der Waals surface area (Å²) in [6.45, 7) is 8.09. The van der Waals surface area contributed by atoms with Crippen molar-refractivity contribution in [1.29, 1.82) is 0 Å². The van der Waals surface area contributed by atoms with Gasteiger partial charge < -0.3 is 10.1 Å². The minimum Gasteiger partial charge on any atom is -0.379 e. The first-order valence-corrected chi connectivity index (χ1v) is 9.14. The van der Waals surface area contributed by atoms with E-state index in [1.54, 1.807) is 0 Å². The Labute approximate surface area is 148 Å². The Morgan fingerprint density at radius 3 is 2.84 bits per heavy atom. The van der Waals surface area contributed by atoms with Gasteiger partial charge in [0.25, 0.3) is 0 Å². The molecule has 0 amide bonds. The number of ether oxygens (including phenoxy) is 1. The second-order valence-electron chi connectivity index (χ2n) is 6.74. The molecule has 0 bridgehead atoms. The fourth-order valence-electron chi connectivity index (χ4n) is 3.64. The van der Waals surface area contributed by atoms with Gasteiger partial charge in [-0.1, -0.05) is 30.3 Å². The van der Waals surface area contributed by atoms with E-state index in [4.69, 9.17) is 9.72 Å². The SMILES string of the molecule is Cc1cc(NCCCN2CCOCC2)nc2ccc3ccccc3c12. The smallest absolute Gasteiger partial charge is 0.126 e. The third-order valence-electron chi connectivity index (χ3n) is 4.96. The Bertz CT molecular complexity index is 872. The predicted octanol–water partition coefficient (Wildman–Crippen LogP) is 3.83. The summed E-state index contributed by atoms with van der Waals surface area (Å²) in [5, 5.41) is 7.31. The molecule has 1 N–H and O–H groups in total. The number of nitrogens with one attached hydrogen (secondary N) is 1. The van der Waals surface area contributed by atoms with E-state index in [0.717, 1.165) is 57.1 Å². The van der Waals surface area contributed by atoms with E-state index in [2.05, 4.69) is 59.6 Å². The Hall–Kier alpha value is -2.17. The van der Waals surface area contributed by atoms with Crippen LogP contribution in [-0.4, -0.2) is 49.3 Å². The van der Waals surface area contributed by atoms with Crippen molar-refractivity contribution in [2.45, 2.75) is 13.3 Å². The largest absolute Gasteiger partial charge is 0.379 e. The Morgan fingerprint density at radius 2 is 1.96 bits per heavy atom. The van der Waals surface area contributed by atoms with Crippen molar-refractivity contribution in [1.82, 2.24) is 9.88 Å². The third kappa shape index (κ3) is 3.60. The van der Waals surface area contributed by atoms with Gasteiger partial charge in [0.05, 0.1) is 18.7 Å². The molecule has 130 valence electrons. The normalized spacial score (nSPS) is 15.7. The lowest BCUT2D eigenvalue weighted by Gasteiger charge is -2.26. The predicted molar refractivity (Wildman–Crippen MR) is 104 cm³/mol.